The average molecular weight is 824 g/mol. The summed E-state index contributed by atoms with van der Waals surface area (Å²) in [6.45, 7) is 12.0. The lowest BCUT2D eigenvalue weighted by Gasteiger charge is -2.44. The minimum absolute atomic E-state index is 0.0526. The standard InChI is InChI=1S/C61H52BN2/c1-40-25-26-46(43-21-13-8-14-22-43)37-56(40)64-57-39-53-52(60(2,3)33-34-61(53,4)5)38-54(57)62-58-51(35-47-23-15-16-24-49(47)59(58)64)50-32-29-45(42-19-11-7-12-20-42)36-55(50)63-48-30-27-44(28-31-48)41-17-9-6-10-18-41/h6-32,35-39,63H,33-34H2,1-5H3. The summed E-state index contributed by atoms with van der Waals surface area (Å²) in [6.07, 6.45) is 2.32. The molecule has 0 atom stereocenters. The van der Waals surface area contributed by atoms with Crippen LogP contribution < -0.4 is 21.1 Å². The van der Waals surface area contributed by atoms with Crippen LogP contribution in [0.5, 0.6) is 0 Å². The molecule has 64 heavy (non-hydrogen) atoms. The highest BCUT2D eigenvalue weighted by molar-refractivity contribution is 6.74. The second-order valence-electron chi connectivity index (χ2n) is 19.2. The number of fused-ring (bicyclic) bond motifs is 5. The third-order valence-corrected chi connectivity index (χ3v) is 14.1. The first-order valence-electron chi connectivity index (χ1n) is 22.8. The molecule has 0 bridgehead atoms. The van der Waals surface area contributed by atoms with Crippen LogP contribution >= 0.6 is 0 Å². The number of aryl methyl sites for hydroxylation is 1. The lowest BCUT2D eigenvalue weighted by atomic mass is 9.55. The van der Waals surface area contributed by atoms with E-state index in [1.54, 1.807) is 0 Å². The van der Waals surface area contributed by atoms with E-state index in [0.29, 0.717) is 0 Å². The molecule has 0 fully saturated rings. The Morgan fingerprint density at radius 1 is 0.469 bits per heavy atom. The molecule has 1 radical (unpaired) electrons. The molecule has 1 aliphatic heterocycles. The first-order valence-corrected chi connectivity index (χ1v) is 22.8. The van der Waals surface area contributed by atoms with Crippen LogP contribution in [0.15, 0.2) is 194 Å². The molecule has 0 amide bonds. The molecule has 1 N–H and O–H groups in total. The van der Waals surface area contributed by atoms with E-state index in [1.165, 1.54) is 94.4 Å². The van der Waals surface area contributed by atoms with Crippen molar-refractivity contribution in [3.63, 3.8) is 0 Å². The van der Waals surface area contributed by atoms with Gasteiger partial charge in [0.2, 0.25) is 0 Å². The molecule has 0 saturated carbocycles. The van der Waals surface area contributed by atoms with Gasteiger partial charge in [-0.1, -0.05) is 191 Å². The maximum absolute atomic E-state index is 3.94. The quantitative estimate of drug-likeness (QED) is 0.161. The Balaban J connectivity index is 1.17. The molecule has 0 spiro atoms. The van der Waals surface area contributed by atoms with E-state index < -0.39 is 0 Å². The summed E-state index contributed by atoms with van der Waals surface area (Å²) >= 11 is 0. The van der Waals surface area contributed by atoms with Gasteiger partial charge in [-0.05, 0) is 133 Å². The van der Waals surface area contributed by atoms with Crippen molar-refractivity contribution in [1.82, 2.24) is 0 Å². The second kappa shape index (κ2) is 15.6. The van der Waals surface area contributed by atoms with E-state index in [4.69, 9.17) is 0 Å². The first kappa shape index (κ1) is 39.7. The third-order valence-electron chi connectivity index (χ3n) is 14.1. The molecule has 9 aromatic rings. The fourth-order valence-electron chi connectivity index (χ4n) is 10.3. The van der Waals surface area contributed by atoms with Crippen LogP contribution in [-0.4, -0.2) is 7.28 Å². The van der Waals surface area contributed by atoms with Crippen LogP contribution in [0, 0.1) is 6.92 Å². The fraction of sp³-hybridized carbons (Fsp3) is 0.148. The number of hydrogen-bond acceptors (Lipinski definition) is 2. The van der Waals surface area contributed by atoms with Crippen LogP contribution in [0.4, 0.5) is 28.4 Å². The summed E-state index contributed by atoms with van der Waals surface area (Å²) in [5.74, 6) is 0. The topological polar surface area (TPSA) is 15.3 Å². The van der Waals surface area contributed by atoms with Gasteiger partial charge in [0.05, 0.1) is 0 Å². The van der Waals surface area contributed by atoms with Gasteiger partial charge in [-0.25, -0.2) is 0 Å². The number of hydrogen-bond donors (Lipinski definition) is 1. The molecular formula is C61H52BN2. The molecule has 3 heteroatoms. The van der Waals surface area contributed by atoms with E-state index in [1.807, 2.05) is 0 Å². The van der Waals surface area contributed by atoms with Crippen molar-refractivity contribution in [2.75, 3.05) is 10.2 Å². The number of rotatable bonds is 7. The zero-order chi connectivity index (χ0) is 43.6. The Bertz CT molecular complexity index is 3200. The molecule has 0 aromatic heterocycles. The van der Waals surface area contributed by atoms with E-state index in [0.717, 1.165) is 29.8 Å². The summed E-state index contributed by atoms with van der Waals surface area (Å²) in [5.41, 5.74) is 22.0. The minimum Gasteiger partial charge on any atom is -0.355 e. The largest absolute Gasteiger partial charge is 0.355 e. The van der Waals surface area contributed by atoms with Gasteiger partial charge in [-0.2, -0.15) is 0 Å². The van der Waals surface area contributed by atoms with Gasteiger partial charge in [-0.15, -0.1) is 0 Å². The van der Waals surface area contributed by atoms with E-state index in [2.05, 4.69) is 246 Å². The van der Waals surface area contributed by atoms with Gasteiger partial charge in [0.15, 0.2) is 7.28 Å². The zero-order valence-electron chi connectivity index (χ0n) is 37.4. The van der Waals surface area contributed by atoms with Gasteiger partial charge in [0.25, 0.3) is 0 Å². The van der Waals surface area contributed by atoms with Crippen molar-refractivity contribution in [3.05, 3.63) is 211 Å². The zero-order valence-corrected chi connectivity index (χ0v) is 37.4. The Labute approximate surface area is 379 Å². The Hall–Kier alpha value is -7.10. The van der Waals surface area contributed by atoms with E-state index >= 15 is 0 Å². The monoisotopic (exact) mass is 823 g/mol. The molecule has 0 saturated heterocycles. The van der Waals surface area contributed by atoms with Crippen molar-refractivity contribution >= 4 is 57.4 Å². The van der Waals surface area contributed by atoms with Crippen molar-refractivity contribution in [1.29, 1.82) is 0 Å². The Morgan fingerprint density at radius 2 is 1.00 bits per heavy atom. The lowest BCUT2D eigenvalue weighted by Crippen LogP contribution is -2.44. The molecule has 2 nitrogen and oxygen atoms in total. The second-order valence-corrected chi connectivity index (χ2v) is 19.2. The smallest absolute Gasteiger partial charge is 0.197 e. The highest BCUT2D eigenvalue weighted by Gasteiger charge is 2.40. The maximum Gasteiger partial charge on any atom is 0.197 e. The van der Waals surface area contributed by atoms with Crippen LogP contribution in [0.25, 0.3) is 55.3 Å². The fourth-order valence-corrected chi connectivity index (χ4v) is 10.3. The van der Waals surface area contributed by atoms with Crippen LogP contribution in [0.3, 0.4) is 0 Å². The van der Waals surface area contributed by atoms with Crippen molar-refractivity contribution in [3.8, 4) is 44.5 Å². The summed E-state index contributed by atoms with van der Waals surface area (Å²) in [6, 6.07) is 71.4. The van der Waals surface area contributed by atoms with Gasteiger partial charge in [-0.3, -0.25) is 0 Å². The Kier molecular flexibility index (Phi) is 9.69. The van der Waals surface area contributed by atoms with Crippen LogP contribution in [-0.2, 0) is 10.8 Å². The summed E-state index contributed by atoms with van der Waals surface area (Å²) in [5, 5.41) is 6.39. The predicted molar refractivity (Wildman–Crippen MR) is 275 cm³/mol. The molecular weight excluding hydrogens is 771 g/mol. The maximum atomic E-state index is 3.94. The van der Waals surface area contributed by atoms with Gasteiger partial charge < -0.3 is 10.2 Å². The highest BCUT2D eigenvalue weighted by Crippen LogP contribution is 2.50. The summed E-state index contributed by atoms with van der Waals surface area (Å²) in [4.78, 5) is 2.62. The molecule has 2 aliphatic rings. The number of nitrogens with one attached hydrogen (secondary N) is 1. The summed E-state index contributed by atoms with van der Waals surface area (Å²) < 4.78 is 0. The van der Waals surface area contributed by atoms with Crippen molar-refractivity contribution in [2.45, 2.75) is 58.3 Å². The highest BCUT2D eigenvalue weighted by atomic mass is 15.2. The first-order chi connectivity index (χ1) is 31.1. The SMILES string of the molecule is Cc1ccc(-c2ccccc2)cc1N1c2cc3c(cc2[B]c2c(-c4ccc(-c5ccccc5)cc4Nc4ccc(-c5ccccc5)cc4)cc4ccccc4c21)C(C)(C)CCC3(C)C. The average Bonchev–Trinajstić information content (AvgIpc) is 3.33. The van der Waals surface area contributed by atoms with E-state index in [9.17, 15) is 0 Å². The van der Waals surface area contributed by atoms with Crippen molar-refractivity contribution in [2.24, 2.45) is 0 Å². The van der Waals surface area contributed by atoms with E-state index in [-0.39, 0.29) is 10.8 Å². The van der Waals surface area contributed by atoms with Gasteiger partial charge >= 0.3 is 0 Å². The van der Waals surface area contributed by atoms with Gasteiger partial charge in [0.1, 0.15) is 0 Å². The number of nitrogens with zero attached hydrogens (tertiary/aromatic N) is 1. The minimum atomic E-state index is 0.0526. The number of anilines is 5. The van der Waals surface area contributed by atoms with Crippen LogP contribution in [0.1, 0.15) is 57.2 Å². The molecule has 0 unspecified atom stereocenters. The molecule has 309 valence electrons. The van der Waals surface area contributed by atoms with Crippen LogP contribution in [0.2, 0.25) is 0 Å². The molecule has 1 aliphatic carbocycles. The summed E-state index contributed by atoms with van der Waals surface area (Å²) in [7, 11) is 2.50. The molecule has 11 rings (SSSR count). The molecule has 9 aromatic carbocycles. The lowest BCUT2D eigenvalue weighted by molar-refractivity contribution is 0.332. The van der Waals surface area contributed by atoms with Crippen molar-refractivity contribution < 1.29 is 0 Å². The number of benzene rings is 9. The molecule has 1 heterocycles. The van der Waals surface area contributed by atoms with Gasteiger partial charge in [0, 0.05) is 39.4 Å². The predicted octanol–water partition coefficient (Wildman–Crippen LogP) is 15.3. The third kappa shape index (κ3) is 7.01. The Morgan fingerprint density at radius 3 is 1.66 bits per heavy atom. The normalized spacial score (nSPS) is 14.5.